The molecule has 0 unspecified atom stereocenters. The zero-order valence-electron chi connectivity index (χ0n) is 13.8. The zero-order valence-corrected chi connectivity index (χ0v) is 13.8. The molecule has 0 saturated heterocycles. The third-order valence-corrected chi connectivity index (χ3v) is 3.75. The number of benzene rings is 2. The zero-order chi connectivity index (χ0) is 17.5. The molecule has 0 amide bonds. The van der Waals surface area contributed by atoms with E-state index in [2.05, 4.69) is 9.97 Å². The van der Waals surface area contributed by atoms with Crippen molar-refractivity contribution in [1.82, 2.24) is 9.97 Å². The second-order valence-electron chi connectivity index (χ2n) is 5.63. The number of ether oxygens (including phenoxy) is 1. The molecular weight excluding hydrogens is 314 g/mol. The average molecular weight is 333 g/mol. The summed E-state index contributed by atoms with van der Waals surface area (Å²) >= 11 is 0. The van der Waals surface area contributed by atoms with Crippen LogP contribution in [0.2, 0.25) is 0 Å². The Kier molecular flexibility index (Phi) is 5.49. The molecule has 0 fully saturated rings. The SMILES string of the molecule is NCc1cc(OCc2cccc(C(=O)Cc3ccccc3)c2)ncn1. The minimum atomic E-state index is 0.0838. The average Bonchev–Trinajstić information content (AvgIpc) is 2.67. The van der Waals surface area contributed by atoms with Crippen molar-refractivity contribution in [3.8, 4) is 5.88 Å². The number of hydrogen-bond donors (Lipinski definition) is 1. The molecule has 2 aromatic carbocycles. The number of carbonyl (C=O) groups is 1. The smallest absolute Gasteiger partial charge is 0.216 e. The molecule has 3 aromatic rings. The Labute approximate surface area is 146 Å². The van der Waals surface area contributed by atoms with Crippen LogP contribution in [0.4, 0.5) is 0 Å². The summed E-state index contributed by atoms with van der Waals surface area (Å²) in [6.45, 7) is 0.663. The third kappa shape index (κ3) is 4.71. The normalized spacial score (nSPS) is 10.4. The van der Waals surface area contributed by atoms with Crippen LogP contribution in [0.25, 0.3) is 0 Å². The number of rotatable bonds is 7. The Morgan fingerprint density at radius 1 is 0.960 bits per heavy atom. The molecule has 0 spiro atoms. The monoisotopic (exact) mass is 333 g/mol. The summed E-state index contributed by atoms with van der Waals surface area (Å²) in [7, 11) is 0. The van der Waals surface area contributed by atoms with Crippen LogP contribution in [0.3, 0.4) is 0 Å². The van der Waals surface area contributed by atoms with Crippen LogP contribution in [0.1, 0.15) is 27.2 Å². The van der Waals surface area contributed by atoms with E-state index in [-0.39, 0.29) is 5.78 Å². The number of Topliss-reactive ketones (excluding diaryl/α,β-unsaturated/α-hetero) is 1. The van der Waals surface area contributed by atoms with Gasteiger partial charge < -0.3 is 10.5 Å². The van der Waals surface area contributed by atoms with Gasteiger partial charge in [-0.3, -0.25) is 4.79 Å². The number of hydrogen-bond acceptors (Lipinski definition) is 5. The lowest BCUT2D eigenvalue weighted by Gasteiger charge is -2.08. The van der Waals surface area contributed by atoms with E-state index in [1.54, 1.807) is 6.07 Å². The highest BCUT2D eigenvalue weighted by Gasteiger charge is 2.08. The maximum absolute atomic E-state index is 12.4. The number of ketones is 1. The maximum atomic E-state index is 12.4. The number of carbonyl (C=O) groups excluding carboxylic acids is 1. The van der Waals surface area contributed by atoms with Crippen molar-refractivity contribution in [3.63, 3.8) is 0 Å². The van der Waals surface area contributed by atoms with Crippen molar-refractivity contribution < 1.29 is 9.53 Å². The van der Waals surface area contributed by atoms with E-state index in [0.29, 0.717) is 31.0 Å². The second-order valence-corrected chi connectivity index (χ2v) is 5.63. The van der Waals surface area contributed by atoms with E-state index >= 15 is 0 Å². The molecule has 1 aromatic heterocycles. The Balaban J connectivity index is 1.65. The van der Waals surface area contributed by atoms with E-state index in [4.69, 9.17) is 10.5 Å². The highest BCUT2D eigenvalue weighted by Crippen LogP contribution is 2.13. The van der Waals surface area contributed by atoms with E-state index in [1.807, 2.05) is 54.6 Å². The molecule has 1 heterocycles. The lowest BCUT2D eigenvalue weighted by Crippen LogP contribution is -2.06. The quantitative estimate of drug-likeness (QED) is 0.673. The first kappa shape index (κ1) is 16.8. The summed E-state index contributed by atoms with van der Waals surface area (Å²) < 4.78 is 5.67. The van der Waals surface area contributed by atoms with Gasteiger partial charge in [0.25, 0.3) is 0 Å². The van der Waals surface area contributed by atoms with Crippen molar-refractivity contribution in [1.29, 1.82) is 0 Å². The van der Waals surface area contributed by atoms with Gasteiger partial charge in [0.15, 0.2) is 5.78 Å². The second kappa shape index (κ2) is 8.17. The van der Waals surface area contributed by atoms with Crippen molar-refractivity contribution in [2.24, 2.45) is 5.73 Å². The van der Waals surface area contributed by atoms with Crippen LogP contribution < -0.4 is 10.5 Å². The van der Waals surface area contributed by atoms with E-state index < -0.39 is 0 Å². The lowest BCUT2D eigenvalue weighted by atomic mass is 10.0. The van der Waals surface area contributed by atoms with Gasteiger partial charge in [0.1, 0.15) is 12.9 Å². The molecule has 5 heteroatoms. The van der Waals surface area contributed by atoms with Gasteiger partial charge in [-0.2, -0.15) is 0 Å². The van der Waals surface area contributed by atoms with Crippen LogP contribution in [0.15, 0.2) is 67.0 Å². The molecule has 5 nitrogen and oxygen atoms in total. The van der Waals surface area contributed by atoms with Crippen LogP contribution in [-0.4, -0.2) is 15.8 Å². The molecule has 0 aliphatic heterocycles. The molecule has 0 atom stereocenters. The predicted octanol–water partition coefficient (Wildman–Crippen LogP) is 2.94. The molecule has 0 aliphatic rings. The molecule has 0 bridgehead atoms. The first-order valence-corrected chi connectivity index (χ1v) is 8.04. The fourth-order valence-electron chi connectivity index (χ4n) is 2.44. The highest BCUT2D eigenvalue weighted by molar-refractivity contribution is 5.97. The summed E-state index contributed by atoms with van der Waals surface area (Å²) in [4.78, 5) is 20.5. The Morgan fingerprint density at radius 3 is 2.56 bits per heavy atom. The molecule has 3 rings (SSSR count). The van der Waals surface area contributed by atoms with Gasteiger partial charge >= 0.3 is 0 Å². The van der Waals surface area contributed by atoms with E-state index in [9.17, 15) is 4.79 Å². The first-order chi connectivity index (χ1) is 12.2. The topological polar surface area (TPSA) is 78.1 Å². The molecular formula is C20H19N3O2. The van der Waals surface area contributed by atoms with Crippen LogP contribution in [0, 0.1) is 0 Å². The minimum Gasteiger partial charge on any atom is -0.473 e. The largest absolute Gasteiger partial charge is 0.473 e. The van der Waals surface area contributed by atoms with Gasteiger partial charge in [-0.05, 0) is 17.2 Å². The minimum absolute atomic E-state index is 0.0838. The molecule has 0 radical (unpaired) electrons. The third-order valence-electron chi connectivity index (χ3n) is 3.75. The predicted molar refractivity (Wildman–Crippen MR) is 95.2 cm³/mol. The summed E-state index contributed by atoms with van der Waals surface area (Å²) in [5.74, 6) is 0.553. The number of nitrogens with two attached hydrogens (primary N) is 1. The van der Waals surface area contributed by atoms with Crippen LogP contribution >= 0.6 is 0 Å². The van der Waals surface area contributed by atoms with Gasteiger partial charge in [-0.25, -0.2) is 9.97 Å². The highest BCUT2D eigenvalue weighted by atomic mass is 16.5. The van der Waals surface area contributed by atoms with Gasteiger partial charge in [0.05, 0.1) is 5.69 Å². The van der Waals surface area contributed by atoms with Crippen LogP contribution in [0.5, 0.6) is 5.88 Å². The van der Waals surface area contributed by atoms with Crippen molar-refractivity contribution >= 4 is 5.78 Å². The lowest BCUT2D eigenvalue weighted by molar-refractivity contribution is 0.0993. The molecule has 0 saturated carbocycles. The number of aromatic nitrogens is 2. The molecule has 126 valence electrons. The van der Waals surface area contributed by atoms with Crippen molar-refractivity contribution in [3.05, 3.63) is 89.4 Å². The van der Waals surface area contributed by atoms with Gasteiger partial charge in [0.2, 0.25) is 5.88 Å². The van der Waals surface area contributed by atoms with Gasteiger partial charge in [0, 0.05) is 24.6 Å². The van der Waals surface area contributed by atoms with Crippen molar-refractivity contribution in [2.75, 3.05) is 0 Å². The Bertz CT molecular complexity index is 850. The van der Waals surface area contributed by atoms with Gasteiger partial charge in [-0.1, -0.05) is 48.5 Å². The molecule has 0 aliphatic carbocycles. The fraction of sp³-hybridized carbons (Fsp3) is 0.150. The summed E-state index contributed by atoms with van der Waals surface area (Å²) in [6, 6.07) is 18.9. The molecule has 25 heavy (non-hydrogen) atoms. The van der Waals surface area contributed by atoms with E-state index in [1.165, 1.54) is 6.33 Å². The maximum Gasteiger partial charge on any atom is 0.216 e. The summed E-state index contributed by atoms with van der Waals surface area (Å²) in [5.41, 5.74) is 8.87. The number of nitrogens with zero attached hydrogens (tertiary/aromatic N) is 2. The van der Waals surface area contributed by atoms with E-state index in [0.717, 1.165) is 16.8 Å². The summed E-state index contributed by atoms with van der Waals surface area (Å²) in [6.07, 6.45) is 1.81. The van der Waals surface area contributed by atoms with Crippen LogP contribution in [-0.2, 0) is 19.6 Å². The first-order valence-electron chi connectivity index (χ1n) is 8.04. The Morgan fingerprint density at radius 2 is 1.76 bits per heavy atom. The van der Waals surface area contributed by atoms with Gasteiger partial charge in [-0.15, -0.1) is 0 Å². The summed E-state index contributed by atoms with van der Waals surface area (Å²) in [5, 5.41) is 0. The molecule has 2 N–H and O–H groups in total. The van der Waals surface area contributed by atoms with Crippen molar-refractivity contribution in [2.45, 2.75) is 19.6 Å². The fourth-order valence-corrected chi connectivity index (χ4v) is 2.44. The Hall–Kier alpha value is -3.05. The standard InChI is InChI=1S/C20H19N3O2/c21-12-18-11-20(23-14-22-18)25-13-16-7-4-8-17(9-16)19(24)10-15-5-2-1-3-6-15/h1-9,11,14H,10,12-13,21H2.